The summed E-state index contributed by atoms with van der Waals surface area (Å²) in [7, 11) is 0. The van der Waals surface area contributed by atoms with Crippen molar-refractivity contribution in [2.24, 2.45) is 0 Å². The van der Waals surface area contributed by atoms with Crippen LogP contribution in [0.2, 0.25) is 0 Å². The van der Waals surface area contributed by atoms with Crippen molar-refractivity contribution in [1.29, 1.82) is 0 Å². The Morgan fingerprint density at radius 1 is 1.29 bits per heavy atom. The van der Waals surface area contributed by atoms with Gasteiger partial charge in [-0.3, -0.25) is 5.10 Å². The van der Waals surface area contributed by atoms with Crippen LogP contribution in [0.3, 0.4) is 0 Å². The molecule has 24 heavy (non-hydrogen) atoms. The maximum Gasteiger partial charge on any atom is 0.228 e. The molecule has 2 fully saturated rings. The zero-order valence-corrected chi connectivity index (χ0v) is 13.8. The van der Waals surface area contributed by atoms with Crippen LogP contribution in [0, 0.1) is 0 Å². The number of hydrogen-bond acceptors (Lipinski definition) is 6. The first-order valence-corrected chi connectivity index (χ1v) is 9.11. The van der Waals surface area contributed by atoms with Crippen molar-refractivity contribution < 1.29 is 4.39 Å². The van der Waals surface area contributed by atoms with Crippen LogP contribution in [-0.2, 0) is 0 Å². The molecule has 2 aliphatic rings. The third kappa shape index (κ3) is 2.50. The lowest BCUT2D eigenvalue weighted by molar-refractivity contribution is 0.364. The molecular formula is C16H17FN6S. The van der Waals surface area contributed by atoms with Crippen molar-refractivity contribution >= 4 is 39.1 Å². The predicted molar refractivity (Wildman–Crippen MR) is 93.0 cm³/mol. The van der Waals surface area contributed by atoms with E-state index in [9.17, 15) is 4.39 Å². The molecule has 1 saturated heterocycles. The molecule has 8 heteroatoms. The lowest BCUT2D eigenvalue weighted by Gasteiger charge is -2.16. The van der Waals surface area contributed by atoms with Crippen LogP contribution in [0.15, 0.2) is 17.5 Å². The minimum Gasteiger partial charge on any atom is -0.338 e. The Morgan fingerprint density at radius 3 is 3.00 bits per heavy atom. The van der Waals surface area contributed by atoms with Crippen molar-refractivity contribution in [3.63, 3.8) is 0 Å². The fourth-order valence-corrected chi connectivity index (χ4v) is 3.88. The second kappa shape index (κ2) is 5.41. The number of alkyl halides is 1. The third-order valence-electron chi connectivity index (χ3n) is 4.57. The largest absolute Gasteiger partial charge is 0.338 e. The van der Waals surface area contributed by atoms with Gasteiger partial charge in [0.1, 0.15) is 6.17 Å². The molecule has 0 bridgehead atoms. The Kier molecular flexibility index (Phi) is 3.19. The van der Waals surface area contributed by atoms with Gasteiger partial charge in [0.15, 0.2) is 11.6 Å². The van der Waals surface area contributed by atoms with Crippen LogP contribution < -0.4 is 10.2 Å². The summed E-state index contributed by atoms with van der Waals surface area (Å²) in [5.74, 6) is 2.71. The number of H-pyrrole nitrogens is 1. The molecule has 1 aliphatic carbocycles. The molecule has 2 N–H and O–H groups in total. The number of halogens is 1. The molecule has 0 aromatic carbocycles. The minimum absolute atomic E-state index is 0.364. The van der Waals surface area contributed by atoms with Crippen molar-refractivity contribution in [2.75, 3.05) is 23.3 Å². The van der Waals surface area contributed by atoms with Crippen LogP contribution >= 0.6 is 11.3 Å². The molecule has 0 unspecified atom stereocenters. The number of thiophene rings is 1. The molecule has 0 amide bonds. The number of nitrogens with one attached hydrogen (secondary N) is 2. The maximum absolute atomic E-state index is 13.5. The van der Waals surface area contributed by atoms with E-state index in [2.05, 4.69) is 25.5 Å². The van der Waals surface area contributed by atoms with E-state index in [0.717, 1.165) is 21.9 Å². The summed E-state index contributed by atoms with van der Waals surface area (Å²) in [6.45, 7) is 1.02. The van der Waals surface area contributed by atoms with Crippen molar-refractivity contribution in [3.8, 4) is 0 Å². The maximum atomic E-state index is 13.5. The van der Waals surface area contributed by atoms with E-state index < -0.39 is 6.17 Å². The summed E-state index contributed by atoms with van der Waals surface area (Å²) in [6, 6.07) is 4.02. The van der Waals surface area contributed by atoms with Crippen molar-refractivity contribution in [1.82, 2.24) is 20.2 Å². The van der Waals surface area contributed by atoms with E-state index >= 15 is 0 Å². The van der Waals surface area contributed by atoms with E-state index in [1.165, 1.54) is 18.5 Å². The fourth-order valence-electron chi connectivity index (χ4n) is 3.10. The normalized spacial score (nSPS) is 20.9. The Bertz CT molecular complexity index is 886. The molecule has 0 radical (unpaired) electrons. The summed E-state index contributed by atoms with van der Waals surface area (Å²) < 4.78 is 14.5. The van der Waals surface area contributed by atoms with E-state index in [-0.39, 0.29) is 0 Å². The van der Waals surface area contributed by atoms with Gasteiger partial charge in [0.25, 0.3) is 0 Å². The first-order valence-electron chi connectivity index (χ1n) is 8.23. The number of fused-ring (bicyclic) bond motifs is 1. The zero-order valence-electron chi connectivity index (χ0n) is 13.0. The SMILES string of the molecule is F[C@H]1CCN(c2nc(Nc3cc(C4CC4)[nH]n3)c3sccc3n2)C1. The number of rotatable bonds is 4. The van der Waals surface area contributed by atoms with Crippen molar-refractivity contribution in [2.45, 2.75) is 31.4 Å². The van der Waals surface area contributed by atoms with Gasteiger partial charge in [-0.15, -0.1) is 11.3 Å². The first-order chi connectivity index (χ1) is 11.8. The van der Waals surface area contributed by atoms with E-state index in [0.29, 0.717) is 31.4 Å². The quantitative estimate of drug-likeness (QED) is 0.757. The number of nitrogens with zero attached hydrogens (tertiary/aromatic N) is 4. The monoisotopic (exact) mass is 344 g/mol. The average molecular weight is 344 g/mol. The van der Waals surface area contributed by atoms with Gasteiger partial charge in [0, 0.05) is 24.2 Å². The zero-order chi connectivity index (χ0) is 16.1. The highest BCUT2D eigenvalue weighted by Gasteiger charge is 2.27. The van der Waals surface area contributed by atoms with E-state index in [4.69, 9.17) is 0 Å². The summed E-state index contributed by atoms with van der Waals surface area (Å²) in [6.07, 6.45) is 2.20. The summed E-state index contributed by atoms with van der Waals surface area (Å²) in [4.78, 5) is 11.1. The highest BCUT2D eigenvalue weighted by molar-refractivity contribution is 7.17. The molecule has 3 aromatic rings. The van der Waals surface area contributed by atoms with E-state index in [1.54, 1.807) is 11.3 Å². The Hall–Kier alpha value is -2.22. The van der Waals surface area contributed by atoms with Crippen LogP contribution in [0.25, 0.3) is 10.2 Å². The van der Waals surface area contributed by atoms with Gasteiger partial charge in [0.05, 0.1) is 16.8 Å². The highest BCUT2D eigenvalue weighted by atomic mass is 32.1. The van der Waals surface area contributed by atoms with Gasteiger partial charge in [-0.1, -0.05) is 0 Å². The van der Waals surface area contributed by atoms with Gasteiger partial charge in [-0.05, 0) is 30.7 Å². The highest BCUT2D eigenvalue weighted by Crippen LogP contribution is 2.40. The molecule has 0 spiro atoms. The third-order valence-corrected chi connectivity index (χ3v) is 5.48. The standard InChI is InChI=1S/C16H17FN6S/c17-10-3-5-23(8-10)16-18-11-4-6-24-14(11)15(20-16)19-13-7-12(21-22-13)9-1-2-9/h4,6-7,9-10H,1-3,5,8H2,(H2,18,19,20,21,22)/t10-/m0/s1. The first kappa shape index (κ1) is 14.2. The summed E-state index contributed by atoms with van der Waals surface area (Å²) >= 11 is 1.59. The molecule has 6 nitrogen and oxygen atoms in total. The fraction of sp³-hybridized carbons (Fsp3) is 0.438. The van der Waals surface area contributed by atoms with Gasteiger partial charge in [-0.25, -0.2) is 9.37 Å². The Morgan fingerprint density at radius 2 is 2.21 bits per heavy atom. The van der Waals surface area contributed by atoms with Crippen LogP contribution in [0.1, 0.15) is 30.9 Å². The van der Waals surface area contributed by atoms with Gasteiger partial charge in [0.2, 0.25) is 5.95 Å². The molecule has 1 atom stereocenters. The lowest BCUT2D eigenvalue weighted by atomic mass is 10.3. The van der Waals surface area contributed by atoms with Gasteiger partial charge >= 0.3 is 0 Å². The smallest absolute Gasteiger partial charge is 0.228 e. The van der Waals surface area contributed by atoms with Gasteiger partial charge in [-0.2, -0.15) is 10.1 Å². The second-order valence-electron chi connectivity index (χ2n) is 6.45. The molecule has 3 aromatic heterocycles. The summed E-state index contributed by atoms with van der Waals surface area (Å²) in [5, 5.41) is 12.7. The van der Waals surface area contributed by atoms with Crippen molar-refractivity contribution in [3.05, 3.63) is 23.2 Å². The Balaban J connectivity index is 1.49. The molecule has 124 valence electrons. The van der Waals surface area contributed by atoms with Crippen LogP contribution in [0.5, 0.6) is 0 Å². The predicted octanol–water partition coefficient (Wildman–Crippen LogP) is 3.58. The number of anilines is 3. The number of aromatic nitrogens is 4. The minimum atomic E-state index is -0.796. The lowest BCUT2D eigenvalue weighted by Crippen LogP contribution is -2.22. The van der Waals surface area contributed by atoms with Crippen LogP contribution in [0.4, 0.5) is 22.0 Å². The molecule has 1 saturated carbocycles. The second-order valence-corrected chi connectivity index (χ2v) is 7.36. The van der Waals surface area contributed by atoms with Crippen LogP contribution in [-0.4, -0.2) is 39.4 Å². The molecule has 4 heterocycles. The number of aromatic amines is 1. The topological polar surface area (TPSA) is 69.7 Å². The van der Waals surface area contributed by atoms with E-state index in [1.807, 2.05) is 22.4 Å². The average Bonchev–Trinajstić information content (AvgIpc) is 2.99. The van der Waals surface area contributed by atoms with Gasteiger partial charge < -0.3 is 10.2 Å². The molecule has 5 rings (SSSR count). The molecular weight excluding hydrogens is 327 g/mol. The molecule has 1 aliphatic heterocycles. The summed E-state index contributed by atoms with van der Waals surface area (Å²) in [5.41, 5.74) is 2.06. The number of hydrogen-bond donors (Lipinski definition) is 2. The Labute approximate surface area is 142 Å².